The van der Waals surface area contributed by atoms with Gasteiger partial charge in [-0.2, -0.15) is 0 Å². The van der Waals surface area contributed by atoms with Gasteiger partial charge in [-0.15, -0.1) is 12.4 Å². The summed E-state index contributed by atoms with van der Waals surface area (Å²) in [7, 11) is 0. The highest BCUT2D eigenvalue weighted by atomic mass is 35.5. The molecule has 2 saturated carbocycles. The van der Waals surface area contributed by atoms with E-state index in [0.717, 1.165) is 24.3 Å². The van der Waals surface area contributed by atoms with Crippen LogP contribution in [0.15, 0.2) is 0 Å². The van der Waals surface area contributed by atoms with Crippen LogP contribution in [0.5, 0.6) is 0 Å². The van der Waals surface area contributed by atoms with Gasteiger partial charge in [0.05, 0.1) is 5.92 Å². The van der Waals surface area contributed by atoms with Crippen LogP contribution in [0.4, 0.5) is 0 Å². The van der Waals surface area contributed by atoms with Gasteiger partial charge in [0.2, 0.25) is 5.91 Å². The van der Waals surface area contributed by atoms with Crippen molar-refractivity contribution in [1.29, 1.82) is 0 Å². The second kappa shape index (κ2) is 5.61. The first-order valence-electron chi connectivity index (χ1n) is 7.60. The van der Waals surface area contributed by atoms with Crippen LogP contribution in [0.1, 0.15) is 46.0 Å². The normalized spacial score (nSPS) is 39.4. The number of hydrogen-bond acceptors (Lipinski definition) is 2. The Balaban J connectivity index is 0.00000133. The molecule has 4 fully saturated rings. The maximum absolute atomic E-state index is 12.6. The summed E-state index contributed by atoms with van der Waals surface area (Å²) < 4.78 is 0. The van der Waals surface area contributed by atoms with Gasteiger partial charge in [0.25, 0.3) is 0 Å². The van der Waals surface area contributed by atoms with Crippen molar-refractivity contribution in [2.45, 2.75) is 58.0 Å². The Hall–Kier alpha value is -0.280. The van der Waals surface area contributed by atoms with Crippen molar-refractivity contribution in [2.24, 2.45) is 29.4 Å². The predicted octanol–water partition coefficient (Wildman–Crippen LogP) is 2.43. The lowest BCUT2D eigenvalue weighted by atomic mass is 9.68. The number of nitrogens with zero attached hydrogens (tertiary/aromatic N) is 1. The number of rotatable bonds is 2. The van der Waals surface area contributed by atoms with Gasteiger partial charge in [-0.1, -0.05) is 6.92 Å². The van der Waals surface area contributed by atoms with Gasteiger partial charge in [0.15, 0.2) is 0 Å². The van der Waals surface area contributed by atoms with E-state index in [1.54, 1.807) is 0 Å². The van der Waals surface area contributed by atoms with E-state index in [9.17, 15) is 4.79 Å². The second-order valence-electron chi connectivity index (χ2n) is 7.07. The molecule has 0 aromatic rings. The van der Waals surface area contributed by atoms with Crippen molar-refractivity contribution < 1.29 is 4.79 Å². The maximum Gasteiger partial charge on any atom is 0.227 e. The van der Waals surface area contributed by atoms with E-state index in [2.05, 4.69) is 4.90 Å². The SMILES string of the molecule is CC(N)C(C)C(=O)N1CC2CC3CC(C2)CC1C3.Cl. The lowest BCUT2D eigenvalue weighted by Crippen LogP contribution is -2.47. The van der Waals surface area contributed by atoms with Gasteiger partial charge in [-0.3, -0.25) is 4.79 Å². The summed E-state index contributed by atoms with van der Waals surface area (Å²) in [4.78, 5) is 14.8. The molecule has 0 aromatic heterocycles. The van der Waals surface area contributed by atoms with Crippen molar-refractivity contribution in [2.75, 3.05) is 6.54 Å². The Kier molecular flexibility index (Phi) is 4.46. The summed E-state index contributed by atoms with van der Waals surface area (Å²) in [6, 6.07) is 0.491. The van der Waals surface area contributed by atoms with Crippen molar-refractivity contribution >= 4 is 18.3 Å². The minimum absolute atomic E-state index is 0. The Labute approximate surface area is 122 Å². The largest absolute Gasteiger partial charge is 0.339 e. The molecule has 2 aliphatic carbocycles. The number of nitrogens with two attached hydrogens (primary N) is 1. The fraction of sp³-hybridized carbons (Fsp3) is 0.933. The molecule has 110 valence electrons. The number of hydrogen-bond donors (Lipinski definition) is 1. The van der Waals surface area contributed by atoms with Crippen LogP contribution in [0.25, 0.3) is 0 Å². The quantitative estimate of drug-likeness (QED) is 0.847. The van der Waals surface area contributed by atoms with Crippen LogP contribution in [-0.2, 0) is 4.79 Å². The van der Waals surface area contributed by atoms with E-state index in [1.807, 2.05) is 13.8 Å². The number of carbonyl (C=O) groups is 1. The van der Waals surface area contributed by atoms with Gasteiger partial charge in [0, 0.05) is 18.6 Å². The molecule has 19 heavy (non-hydrogen) atoms. The molecule has 2 N–H and O–H groups in total. The third-order valence-electron chi connectivity index (χ3n) is 5.57. The van der Waals surface area contributed by atoms with Gasteiger partial charge in [0.1, 0.15) is 0 Å². The van der Waals surface area contributed by atoms with E-state index in [1.165, 1.54) is 32.1 Å². The number of fused-ring (bicyclic) bond motifs is 1. The lowest BCUT2D eigenvalue weighted by Gasteiger charge is -2.39. The average molecular weight is 287 g/mol. The summed E-state index contributed by atoms with van der Waals surface area (Å²) in [5, 5.41) is 0. The molecule has 4 aliphatic rings. The van der Waals surface area contributed by atoms with Crippen molar-refractivity contribution in [3.05, 3.63) is 0 Å². The molecule has 0 spiro atoms. The Morgan fingerprint density at radius 2 is 1.58 bits per heavy atom. The zero-order valence-electron chi connectivity index (χ0n) is 12.0. The van der Waals surface area contributed by atoms with Crippen LogP contribution >= 0.6 is 12.4 Å². The fourth-order valence-electron chi connectivity index (χ4n) is 4.54. The van der Waals surface area contributed by atoms with E-state index < -0.39 is 0 Å². The zero-order valence-corrected chi connectivity index (χ0v) is 12.9. The molecule has 3 nitrogen and oxygen atoms in total. The first-order valence-corrected chi connectivity index (χ1v) is 7.60. The van der Waals surface area contributed by atoms with Crippen LogP contribution in [0, 0.1) is 23.7 Å². The first-order chi connectivity index (χ1) is 8.54. The Bertz CT molecular complexity index is 333. The number of amides is 1. The molecule has 4 atom stereocenters. The summed E-state index contributed by atoms with van der Waals surface area (Å²) in [6.45, 7) is 4.94. The third kappa shape index (κ3) is 2.78. The summed E-state index contributed by atoms with van der Waals surface area (Å²) in [5.74, 6) is 2.85. The highest BCUT2D eigenvalue weighted by molar-refractivity contribution is 5.85. The van der Waals surface area contributed by atoms with Gasteiger partial charge in [-0.25, -0.2) is 0 Å². The first kappa shape index (κ1) is 15.1. The zero-order chi connectivity index (χ0) is 12.9. The molecular weight excluding hydrogens is 260 g/mol. The molecule has 2 saturated heterocycles. The van der Waals surface area contributed by atoms with Gasteiger partial charge >= 0.3 is 0 Å². The average Bonchev–Trinajstić information content (AvgIpc) is 2.51. The fourth-order valence-corrected chi connectivity index (χ4v) is 4.54. The molecule has 4 unspecified atom stereocenters. The Morgan fingerprint density at radius 1 is 1.05 bits per heavy atom. The molecule has 4 rings (SSSR count). The lowest BCUT2D eigenvalue weighted by molar-refractivity contribution is -0.138. The topological polar surface area (TPSA) is 46.3 Å². The van der Waals surface area contributed by atoms with Crippen LogP contribution < -0.4 is 5.73 Å². The maximum atomic E-state index is 12.6. The minimum atomic E-state index is -0.0323. The van der Waals surface area contributed by atoms with Gasteiger partial charge < -0.3 is 10.6 Å². The molecule has 0 aromatic carbocycles. The van der Waals surface area contributed by atoms with Gasteiger partial charge in [-0.05, 0) is 56.8 Å². The second-order valence-corrected chi connectivity index (χ2v) is 7.07. The van der Waals surface area contributed by atoms with E-state index in [4.69, 9.17) is 5.73 Å². The number of carbonyl (C=O) groups excluding carboxylic acids is 1. The molecular formula is C15H27ClN2O. The predicted molar refractivity (Wildman–Crippen MR) is 79.1 cm³/mol. The molecule has 1 amide bonds. The van der Waals surface area contributed by atoms with E-state index >= 15 is 0 Å². The molecule has 2 aliphatic heterocycles. The van der Waals surface area contributed by atoms with Crippen LogP contribution in [0.2, 0.25) is 0 Å². The standard InChI is InChI=1S/C15H26N2O.ClH/c1-9(10(2)16)15(18)17-8-13-4-11-3-12(5-13)7-14(17)6-11;/h9-14H,3-8,16H2,1-2H3;1H. The third-order valence-corrected chi connectivity index (χ3v) is 5.57. The smallest absolute Gasteiger partial charge is 0.227 e. The van der Waals surface area contributed by atoms with E-state index in [-0.39, 0.29) is 24.4 Å². The summed E-state index contributed by atoms with van der Waals surface area (Å²) in [5.41, 5.74) is 5.91. The highest BCUT2D eigenvalue weighted by Crippen LogP contribution is 2.47. The van der Waals surface area contributed by atoms with Crippen LogP contribution in [0.3, 0.4) is 0 Å². The van der Waals surface area contributed by atoms with Crippen molar-refractivity contribution in [1.82, 2.24) is 4.90 Å². The van der Waals surface area contributed by atoms with Crippen molar-refractivity contribution in [3.8, 4) is 0 Å². The minimum Gasteiger partial charge on any atom is -0.339 e. The molecule has 4 heteroatoms. The molecule has 4 bridgehead atoms. The number of halogens is 1. The summed E-state index contributed by atoms with van der Waals surface area (Å²) >= 11 is 0. The van der Waals surface area contributed by atoms with Crippen molar-refractivity contribution in [3.63, 3.8) is 0 Å². The summed E-state index contributed by atoms with van der Waals surface area (Å²) in [6.07, 6.45) is 6.67. The molecule has 0 radical (unpaired) electrons. The monoisotopic (exact) mass is 286 g/mol. The Morgan fingerprint density at radius 3 is 2.11 bits per heavy atom. The van der Waals surface area contributed by atoms with E-state index in [0.29, 0.717) is 11.9 Å². The highest BCUT2D eigenvalue weighted by Gasteiger charge is 2.44. The molecule has 2 heterocycles. The van der Waals surface area contributed by atoms with Crippen LogP contribution in [-0.4, -0.2) is 29.4 Å².